The van der Waals surface area contributed by atoms with E-state index in [0.717, 1.165) is 12.8 Å². The zero-order valence-electron chi connectivity index (χ0n) is 17.5. The summed E-state index contributed by atoms with van der Waals surface area (Å²) >= 11 is 0. The molecule has 1 radical (unpaired) electrons. The van der Waals surface area contributed by atoms with E-state index in [0.29, 0.717) is 0 Å². The fourth-order valence-corrected chi connectivity index (χ4v) is 2.02. The maximum Gasteiger partial charge on any atom is -0.0241 e. The van der Waals surface area contributed by atoms with Crippen LogP contribution in [0.25, 0.3) is 0 Å². The van der Waals surface area contributed by atoms with Gasteiger partial charge in [0.15, 0.2) is 0 Å². The van der Waals surface area contributed by atoms with Crippen molar-refractivity contribution in [3.05, 3.63) is 170 Å². The van der Waals surface area contributed by atoms with E-state index in [1.165, 1.54) is 0 Å². The van der Waals surface area contributed by atoms with Gasteiger partial charge in [0, 0.05) is 0 Å². The number of rotatable bonds is 0. The smallest absolute Gasteiger partial charge is 0.0241 e. The van der Waals surface area contributed by atoms with Gasteiger partial charge in [-0.15, -0.1) is 0 Å². The van der Waals surface area contributed by atoms with Crippen LogP contribution in [0.2, 0.25) is 0 Å². The lowest BCUT2D eigenvalue weighted by Gasteiger charge is -1.83. The zero-order chi connectivity index (χ0) is 21.2. The van der Waals surface area contributed by atoms with E-state index in [1.807, 2.05) is 152 Å². The first-order valence-electron chi connectivity index (χ1n) is 10.2. The number of hydrogen-bond acceptors (Lipinski definition) is 0. The molecule has 0 saturated heterocycles. The van der Waals surface area contributed by atoms with Gasteiger partial charge in [-0.1, -0.05) is 164 Å². The Morgan fingerprint density at radius 1 is 0.300 bits per heavy atom. The fourth-order valence-electron chi connectivity index (χ4n) is 2.02. The highest BCUT2D eigenvalue weighted by Crippen LogP contribution is 1.94. The summed E-state index contributed by atoms with van der Waals surface area (Å²) < 4.78 is 0. The molecule has 0 atom stereocenters. The normalized spacial score (nSPS) is 31.5. The zero-order valence-corrected chi connectivity index (χ0v) is 17.5. The van der Waals surface area contributed by atoms with Crippen molar-refractivity contribution in [1.29, 1.82) is 0 Å². The third-order valence-electron chi connectivity index (χ3n) is 3.47. The fraction of sp³-hybridized carbons (Fsp3) is 0.0667. The van der Waals surface area contributed by atoms with Gasteiger partial charge >= 0.3 is 0 Å². The molecule has 30 heavy (non-hydrogen) atoms. The van der Waals surface area contributed by atoms with Gasteiger partial charge in [-0.05, 0) is 18.9 Å². The largest absolute Gasteiger partial charge is 0.0842 e. The second-order valence-corrected chi connectivity index (χ2v) is 5.96. The SMILES string of the molecule is [C]1=C/C=C/C=C\C=C\C=C\C=C\C=C\C=C/C=C/C=C/C=C/C=C/C=C\C=C\CC/1. The minimum Gasteiger partial charge on any atom is -0.0842 e. The van der Waals surface area contributed by atoms with Crippen LogP contribution in [0.4, 0.5) is 0 Å². The van der Waals surface area contributed by atoms with Gasteiger partial charge in [-0.25, -0.2) is 0 Å². The van der Waals surface area contributed by atoms with Crippen molar-refractivity contribution < 1.29 is 0 Å². The topological polar surface area (TPSA) is 0 Å². The third-order valence-corrected chi connectivity index (χ3v) is 3.47. The van der Waals surface area contributed by atoms with Gasteiger partial charge in [-0.3, -0.25) is 0 Å². The summed E-state index contributed by atoms with van der Waals surface area (Å²) in [7, 11) is 0. The van der Waals surface area contributed by atoms with Crippen LogP contribution in [0.1, 0.15) is 12.8 Å². The lowest BCUT2D eigenvalue weighted by Crippen LogP contribution is -1.64. The van der Waals surface area contributed by atoms with Crippen LogP contribution >= 0.6 is 0 Å². The van der Waals surface area contributed by atoms with E-state index in [2.05, 4.69) is 18.2 Å². The molecule has 0 heterocycles. The van der Waals surface area contributed by atoms with Crippen LogP contribution in [-0.4, -0.2) is 0 Å². The van der Waals surface area contributed by atoms with Crippen molar-refractivity contribution in [3.8, 4) is 0 Å². The van der Waals surface area contributed by atoms with Crippen LogP contribution in [-0.2, 0) is 0 Å². The second-order valence-electron chi connectivity index (χ2n) is 5.96. The van der Waals surface area contributed by atoms with Crippen molar-refractivity contribution in [2.24, 2.45) is 0 Å². The van der Waals surface area contributed by atoms with Crippen molar-refractivity contribution in [3.63, 3.8) is 0 Å². The molecule has 0 heteroatoms. The number of allylic oxidation sites excluding steroid dienone is 28. The minimum absolute atomic E-state index is 0.918. The molecule has 0 N–H and O–H groups in total. The Morgan fingerprint density at radius 3 is 0.900 bits per heavy atom. The Balaban J connectivity index is 2.61. The average molecular weight is 392 g/mol. The minimum atomic E-state index is 0.918. The second kappa shape index (κ2) is 21.7. The predicted octanol–water partition coefficient (Wildman–Crippen LogP) is 8.37. The molecule has 0 aromatic rings. The monoisotopic (exact) mass is 391 g/mol. The van der Waals surface area contributed by atoms with E-state index in [9.17, 15) is 0 Å². The molecule has 151 valence electrons. The molecule has 1 aliphatic carbocycles. The average Bonchev–Trinajstić information content (AvgIpc) is 2.76. The highest BCUT2D eigenvalue weighted by Gasteiger charge is 1.75. The maximum atomic E-state index is 3.26. The van der Waals surface area contributed by atoms with Crippen LogP contribution in [0.5, 0.6) is 0 Å². The lowest BCUT2D eigenvalue weighted by atomic mass is 10.2. The molecule has 1 aliphatic rings. The Hall–Kier alpha value is -3.64. The maximum absolute atomic E-state index is 3.26. The molecule has 0 amide bonds. The lowest BCUT2D eigenvalue weighted by molar-refractivity contribution is 1.03. The molecule has 0 fully saturated rings. The molecule has 0 saturated carbocycles. The highest BCUT2D eigenvalue weighted by molar-refractivity contribution is 5.23. The van der Waals surface area contributed by atoms with E-state index >= 15 is 0 Å². The standard InChI is InChI=1S/C30H31/c1-2-4-6-8-10-12-14-16-18-20-22-24-26-28-30-29-27-25-23-21-19-17-15-13-11-9-7-5-3-1/h1-27H,28,30H2/b2-1-,5-3+,6-4+,9-7+,10-8+,13-11+,14-12+,17-15+,18-16+,21-19-,22-20-,25-23+,26-24+,29-27?. The van der Waals surface area contributed by atoms with Crippen LogP contribution in [0.3, 0.4) is 0 Å². The summed E-state index contributed by atoms with van der Waals surface area (Å²) in [6.45, 7) is 0. The summed E-state index contributed by atoms with van der Waals surface area (Å²) in [5.41, 5.74) is 0. The molecule has 0 aromatic heterocycles. The Kier molecular flexibility index (Phi) is 17.6. The van der Waals surface area contributed by atoms with E-state index in [1.54, 1.807) is 0 Å². The van der Waals surface area contributed by atoms with E-state index < -0.39 is 0 Å². The van der Waals surface area contributed by atoms with Crippen molar-refractivity contribution >= 4 is 0 Å². The molecule has 0 aromatic carbocycles. The Labute approximate surface area is 183 Å². The van der Waals surface area contributed by atoms with Gasteiger partial charge in [0.1, 0.15) is 0 Å². The Bertz CT molecular complexity index is 760. The van der Waals surface area contributed by atoms with Crippen molar-refractivity contribution in [1.82, 2.24) is 0 Å². The van der Waals surface area contributed by atoms with Crippen molar-refractivity contribution in [2.75, 3.05) is 0 Å². The van der Waals surface area contributed by atoms with Gasteiger partial charge in [0.05, 0.1) is 0 Å². The van der Waals surface area contributed by atoms with Crippen LogP contribution < -0.4 is 0 Å². The summed E-state index contributed by atoms with van der Waals surface area (Å²) in [5, 5.41) is 0. The molecule has 0 bridgehead atoms. The molecular formula is C30H31. The molecule has 0 aliphatic heterocycles. The number of hydrogen-bond donors (Lipinski definition) is 0. The first-order valence-corrected chi connectivity index (χ1v) is 10.2. The van der Waals surface area contributed by atoms with Crippen LogP contribution in [0.15, 0.2) is 164 Å². The molecule has 0 unspecified atom stereocenters. The Morgan fingerprint density at radius 2 is 0.567 bits per heavy atom. The molecule has 1 rings (SSSR count). The van der Waals surface area contributed by atoms with E-state index in [4.69, 9.17) is 0 Å². The molecule has 0 nitrogen and oxygen atoms in total. The quantitative estimate of drug-likeness (QED) is 0.389. The summed E-state index contributed by atoms with van der Waals surface area (Å²) in [6.07, 6.45) is 59.5. The highest BCUT2D eigenvalue weighted by atomic mass is 13.8. The van der Waals surface area contributed by atoms with Gasteiger partial charge in [0.25, 0.3) is 0 Å². The summed E-state index contributed by atoms with van der Waals surface area (Å²) in [4.78, 5) is 0. The predicted molar refractivity (Wildman–Crippen MR) is 136 cm³/mol. The third kappa shape index (κ3) is 19.1. The molecular weight excluding hydrogens is 360 g/mol. The summed E-state index contributed by atoms with van der Waals surface area (Å²) in [5.74, 6) is 0. The summed E-state index contributed by atoms with van der Waals surface area (Å²) in [6, 6.07) is 0. The van der Waals surface area contributed by atoms with Crippen LogP contribution in [0, 0.1) is 6.08 Å². The van der Waals surface area contributed by atoms with Gasteiger partial charge in [-0.2, -0.15) is 0 Å². The van der Waals surface area contributed by atoms with Crippen molar-refractivity contribution in [2.45, 2.75) is 12.8 Å². The first-order chi connectivity index (χ1) is 15.0. The van der Waals surface area contributed by atoms with E-state index in [-0.39, 0.29) is 0 Å². The molecule has 0 spiro atoms. The van der Waals surface area contributed by atoms with Gasteiger partial charge < -0.3 is 0 Å². The first kappa shape index (κ1) is 24.4. The van der Waals surface area contributed by atoms with Gasteiger partial charge in [0.2, 0.25) is 0 Å².